The minimum absolute atomic E-state index is 0.296. The summed E-state index contributed by atoms with van der Waals surface area (Å²) in [7, 11) is -3.54. The number of aryl methyl sites for hydroxylation is 2. The molecule has 1 heterocycles. The fourth-order valence-electron chi connectivity index (χ4n) is 2.27. The summed E-state index contributed by atoms with van der Waals surface area (Å²) in [6, 6.07) is 14.7. The first-order valence-electron chi connectivity index (χ1n) is 6.71. The summed E-state index contributed by atoms with van der Waals surface area (Å²) < 4.78 is 26.5. The molecule has 3 nitrogen and oxygen atoms in total. The van der Waals surface area contributed by atoms with Gasteiger partial charge in [0.2, 0.25) is 0 Å². The van der Waals surface area contributed by atoms with Gasteiger partial charge in [-0.05, 0) is 37.4 Å². The van der Waals surface area contributed by atoms with Crippen LogP contribution in [-0.4, -0.2) is 8.42 Å². The van der Waals surface area contributed by atoms with Crippen molar-refractivity contribution in [2.45, 2.75) is 18.7 Å². The van der Waals surface area contributed by atoms with E-state index in [0.29, 0.717) is 4.90 Å². The van der Waals surface area contributed by atoms with Crippen molar-refractivity contribution in [1.82, 2.24) is 0 Å². The Labute approximate surface area is 124 Å². The lowest BCUT2D eigenvalue weighted by atomic mass is 10.1. The van der Waals surface area contributed by atoms with Crippen LogP contribution in [0.1, 0.15) is 11.1 Å². The number of hydrogen-bond donors (Lipinski definition) is 0. The number of rotatable bonds is 2. The predicted molar refractivity (Wildman–Crippen MR) is 82.6 cm³/mol. The Bertz CT molecular complexity index is 913. The van der Waals surface area contributed by atoms with Gasteiger partial charge in [-0.15, -0.1) is 0 Å². The highest BCUT2D eigenvalue weighted by atomic mass is 32.2. The van der Waals surface area contributed by atoms with Crippen LogP contribution < -0.4 is 3.97 Å². The quantitative estimate of drug-likeness (QED) is 0.682. The molecule has 0 amide bonds. The fourth-order valence-corrected chi connectivity index (χ4v) is 3.47. The monoisotopic (exact) mass is 298 g/mol. The largest absolute Gasteiger partial charge is 0.399 e. The van der Waals surface area contributed by atoms with E-state index in [1.807, 2.05) is 38.1 Å². The summed E-state index contributed by atoms with van der Waals surface area (Å²) in [5.41, 5.74) is 2.19. The Hall–Kier alpha value is -2.20. The van der Waals surface area contributed by atoms with Crippen molar-refractivity contribution in [2.75, 3.05) is 0 Å². The van der Waals surface area contributed by atoms with Crippen LogP contribution >= 0.6 is 0 Å². The molecule has 2 aromatic carbocycles. The van der Waals surface area contributed by atoms with Crippen LogP contribution in [0.15, 0.2) is 65.8 Å². The summed E-state index contributed by atoms with van der Waals surface area (Å²) in [6.07, 6.45) is 3.25. The molecule has 4 heteroatoms. The second-order valence-corrected chi connectivity index (χ2v) is 7.07. The molecule has 0 N–H and O–H groups in total. The van der Waals surface area contributed by atoms with Gasteiger partial charge in [0, 0.05) is 11.5 Å². The molecule has 0 aliphatic rings. The van der Waals surface area contributed by atoms with Crippen molar-refractivity contribution in [3.05, 3.63) is 72.1 Å². The average Bonchev–Trinajstić information content (AvgIpc) is 2.47. The highest BCUT2D eigenvalue weighted by molar-refractivity contribution is 7.85. The van der Waals surface area contributed by atoms with Gasteiger partial charge in [0.1, 0.15) is 4.90 Å². The first-order valence-corrected chi connectivity index (χ1v) is 8.15. The maximum absolute atomic E-state index is 12.6. The second-order valence-electron chi connectivity index (χ2n) is 5.23. The fraction of sp³-hybridized carbons (Fsp3) is 0.118. The maximum atomic E-state index is 12.6. The summed E-state index contributed by atoms with van der Waals surface area (Å²) in [5.74, 6) is 0. The summed E-state index contributed by atoms with van der Waals surface area (Å²) in [4.78, 5) is 0.296. The van der Waals surface area contributed by atoms with E-state index in [2.05, 4.69) is 0 Å². The van der Waals surface area contributed by atoms with Crippen LogP contribution in [0, 0.1) is 13.8 Å². The summed E-state index contributed by atoms with van der Waals surface area (Å²) in [6.45, 7) is 3.95. The zero-order valence-corrected chi connectivity index (χ0v) is 12.8. The SMILES string of the molecule is Cc1ccc(S(=O)(=O)[n+]2ccc3cc(C)ccc3c2)cc1. The molecule has 106 valence electrons. The van der Waals surface area contributed by atoms with Crippen LogP contribution in [0.5, 0.6) is 0 Å². The maximum Gasteiger partial charge on any atom is 0.399 e. The van der Waals surface area contributed by atoms with Crippen LogP contribution in [0.4, 0.5) is 0 Å². The van der Waals surface area contributed by atoms with Gasteiger partial charge < -0.3 is 0 Å². The van der Waals surface area contributed by atoms with Gasteiger partial charge in [0.25, 0.3) is 0 Å². The molecule has 0 unspecified atom stereocenters. The normalized spacial score (nSPS) is 11.7. The van der Waals surface area contributed by atoms with E-state index < -0.39 is 10.0 Å². The van der Waals surface area contributed by atoms with Gasteiger partial charge in [-0.1, -0.05) is 39.4 Å². The molecule has 0 aliphatic heterocycles. The predicted octanol–water partition coefficient (Wildman–Crippen LogP) is 2.98. The Balaban J connectivity index is 2.14. The van der Waals surface area contributed by atoms with E-state index in [-0.39, 0.29) is 0 Å². The van der Waals surface area contributed by atoms with Gasteiger partial charge in [-0.3, -0.25) is 0 Å². The van der Waals surface area contributed by atoms with E-state index >= 15 is 0 Å². The molecule has 0 aliphatic carbocycles. The molecule has 0 saturated carbocycles. The molecule has 3 rings (SSSR count). The van der Waals surface area contributed by atoms with Gasteiger partial charge in [-0.2, -0.15) is 8.42 Å². The van der Waals surface area contributed by atoms with Crippen molar-refractivity contribution in [1.29, 1.82) is 0 Å². The molecule has 0 fully saturated rings. The lowest BCUT2D eigenvalue weighted by molar-refractivity contribution is -0.509. The van der Waals surface area contributed by atoms with Crippen molar-refractivity contribution in [3.63, 3.8) is 0 Å². The Kier molecular flexibility index (Phi) is 3.26. The van der Waals surface area contributed by atoms with Gasteiger partial charge in [0.15, 0.2) is 12.4 Å². The topological polar surface area (TPSA) is 38.0 Å². The second kappa shape index (κ2) is 4.97. The summed E-state index contributed by atoms with van der Waals surface area (Å²) >= 11 is 0. The van der Waals surface area contributed by atoms with Crippen LogP contribution in [-0.2, 0) is 10.0 Å². The lowest BCUT2D eigenvalue weighted by Crippen LogP contribution is -2.41. The Morgan fingerprint density at radius 3 is 2.19 bits per heavy atom. The molecule has 1 aromatic heterocycles. The molecule has 21 heavy (non-hydrogen) atoms. The lowest BCUT2D eigenvalue weighted by Gasteiger charge is -2.02. The van der Waals surface area contributed by atoms with Crippen molar-refractivity contribution in [3.8, 4) is 0 Å². The van der Waals surface area contributed by atoms with Crippen molar-refractivity contribution < 1.29 is 12.4 Å². The zero-order chi connectivity index (χ0) is 15.0. The molecular formula is C17H16NO2S+. The molecule has 0 spiro atoms. The number of aromatic nitrogens is 1. The minimum atomic E-state index is -3.54. The highest BCUT2D eigenvalue weighted by Gasteiger charge is 2.24. The number of benzene rings is 2. The first-order chi connectivity index (χ1) is 9.96. The summed E-state index contributed by atoms with van der Waals surface area (Å²) in [5, 5.41) is 1.93. The molecular weight excluding hydrogens is 282 g/mol. The van der Waals surface area contributed by atoms with Crippen LogP contribution in [0.3, 0.4) is 0 Å². The third-order valence-electron chi connectivity index (χ3n) is 3.51. The number of fused-ring (bicyclic) bond motifs is 1. The van der Waals surface area contributed by atoms with Gasteiger partial charge in [0.05, 0.1) is 0 Å². The third kappa shape index (κ3) is 2.54. The number of pyridine rings is 1. The van der Waals surface area contributed by atoms with E-state index in [0.717, 1.165) is 21.9 Å². The van der Waals surface area contributed by atoms with E-state index in [9.17, 15) is 8.42 Å². The van der Waals surface area contributed by atoms with Crippen LogP contribution in [0.2, 0.25) is 0 Å². The molecule has 0 radical (unpaired) electrons. The van der Waals surface area contributed by atoms with Gasteiger partial charge >= 0.3 is 10.0 Å². The minimum Gasteiger partial charge on any atom is -0.158 e. The van der Waals surface area contributed by atoms with Crippen LogP contribution in [0.25, 0.3) is 10.8 Å². The van der Waals surface area contributed by atoms with Gasteiger partial charge in [-0.25, -0.2) is 0 Å². The van der Waals surface area contributed by atoms with E-state index in [1.165, 1.54) is 3.97 Å². The molecule has 0 bridgehead atoms. The number of nitrogens with zero attached hydrogens (tertiary/aromatic N) is 1. The standard InChI is InChI=1S/C17H16NO2S/c1-13-4-7-17(8-5-13)21(19,20)18-10-9-15-11-14(2)3-6-16(15)12-18/h3-12H,1-2H3/q+1. The Morgan fingerprint density at radius 1 is 0.810 bits per heavy atom. The molecule has 0 saturated heterocycles. The molecule has 3 aromatic rings. The molecule has 0 atom stereocenters. The number of hydrogen-bond acceptors (Lipinski definition) is 2. The van der Waals surface area contributed by atoms with Crippen molar-refractivity contribution in [2.24, 2.45) is 0 Å². The first kappa shape index (κ1) is 13.8. The van der Waals surface area contributed by atoms with E-state index in [4.69, 9.17) is 0 Å². The highest BCUT2D eigenvalue weighted by Crippen LogP contribution is 2.15. The third-order valence-corrected chi connectivity index (χ3v) is 5.16. The van der Waals surface area contributed by atoms with Crippen molar-refractivity contribution >= 4 is 20.8 Å². The zero-order valence-electron chi connectivity index (χ0n) is 11.9. The Morgan fingerprint density at radius 2 is 1.48 bits per heavy atom. The smallest absolute Gasteiger partial charge is 0.158 e. The average molecular weight is 298 g/mol. The van der Waals surface area contributed by atoms with E-state index in [1.54, 1.807) is 36.7 Å².